The summed E-state index contributed by atoms with van der Waals surface area (Å²) in [5.74, 6) is 0. The van der Waals surface area contributed by atoms with Crippen LogP contribution in [0.4, 0.5) is 5.69 Å². The minimum absolute atomic E-state index is 0.747. The molecule has 0 aliphatic heterocycles. The van der Waals surface area contributed by atoms with Gasteiger partial charge in [0.25, 0.3) is 0 Å². The van der Waals surface area contributed by atoms with Gasteiger partial charge in [-0.2, -0.15) is 5.10 Å². The van der Waals surface area contributed by atoms with Crippen LogP contribution in [0.15, 0.2) is 18.5 Å². The van der Waals surface area contributed by atoms with E-state index in [1.54, 1.807) is 6.20 Å². The zero-order valence-electron chi connectivity index (χ0n) is 9.15. The first kappa shape index (κ1) is 9.71. The molecule has 2 rings (SSSR count). The molecule has 0 bridgehead atoms. The first-order chi connectivity index (χ1) is 7.09. The molecule has 2 aromatic rings. The molecule has 4 heteroatoms. The third-order valence-corrected chi connectivity index (χ3v) is 2.45. The second-order valence-corrected chi connectivity index (χ2v) is 3.72. The van der Waals surface area contributed by atoms with Crippen LogP contribution in [0.25, 0.3) is 5.69 Å². The zero-order valence-corrected chi connectivity index (χ0v) is 9.15. The van der Waals surface area contributed by atoms with Crippen LogP contribution in [0.3, 0.4) is 0 Å². The number of hydrogen-bond donors (Lipinski definition) is 1. The van der Waals surface area contributed by atoms with Gasteiger partial charge in [0.2, 0.25) is 0 Å². The molecule has 0 amide bonds. The van der Waals surface area contributed by atoms with Crippen LogP contribution in [0, 0.1) is 20.8 Å². The van der Waals surface area contributed by atoms with E-state index in [4.69, 9.17) is 5.73 Å². The molecule has 0 aromatic carbocycles. The molecule has 0 aliphatic rings. The highest BCUT2D eigenvalue weighted by atomic mass is 15.3. The molecule has 0 radical (unpaired) electrons. The normalized spacial score (nSPS) is 10.6. The molecule has 0 fully saturated rings. The maximum atomic E-state index is 5.87. The van der Waals surface area contributed by atoms with Crippen LogP contribution in [0.1, 0.15) is 17.0 Å². The van der Waals surface area contributed by atoms with Crippen molar-refractivity contribution in [3.8, 4) is 5.69 Å². The predicted molar refractivity (Wildman–Crippen MR) is 60.0 cm³/mol. The third kappa shape index (κ3) is 1.58. The number of aromatic nitrogens is 3. The van der Waals surface area contributed by atoms with Crippen LogP contribution in [-0.4, -0.2) is 14.8 Å². The summed E-state index contributed by atoms with van der Waals surface area (Å²) in [6, 6.07) is 2.03. The van der Waals surface area contributed by atoms with Gasteiger partial charge in [0, 0.05) is 6.20 Å². The van der Waals surface area contributed by atoms with Gasteiger partial charge >= 0.3 is 0 Å². The van der Waals surface area contributed by atoms with Gasteiger partial charge in [0.05, 0.1) is 29.0 Å². The average molecular weight is 202 g/mol. The Bertz CT molecular complexity index is 499. The van der Waals surface area contributed by atoms with Gasteiger partial charge in [0.15, 0.2) is 0 Å². The Labute approximate surface area is 88.8 Å². The van der Waals surface area contributed by atoms with E-state index in [9.17, 15) is 0 Å². The van der Waals surface area contributed by atoms with Crippen molar-refractivity contribution in [1.29, 1.82) is 0 Å². The number of nitrogens with two attached hydrogens (primary N) is 1. The van der Waals surface area contributed by atoms with Gasteiger partial charge < -0.3 is 5.73 Å². The number of nitrogen functional groups attached to an aromatic ring is 1. The van der Waals surface area contributed by atoms with E-state index in [-0.39, 0.29) is 0 Å². The van der Waals surface area contributed by atoms with Crippen molar-refractivity contribution < 1.29 is 0 Å². The van der Waals surface area contributed by atoms with Crippen molar-refractivity contribution in [3.63, 3.8) is 0 Å². The van der Waals surface area contributed by atoms with E-state index in [1.807, 2.05) is 37.7 Å². The maximum absolute atomic E-state index is 5.87. The lowest BCUT2D eigenvalue weighted by molar-refractivity contribution is 0.827. The van der Waals surface area contributed by atoms with Crippen molar-refractivity contribution in [1.82, 2.24) is 14.8 Å². The van der Waals surface area contributed by atoms with Gasteiger partial charge in [-0.25, -0.2) is 4.68 Å². The minimum Gasteiger partial charge on any atom is -0.396 e. The summed E-state index contributed by atoms with van der Waals surface area (Å²) < 4.78 is 1.82. The molecule has 0 saturated heterocycles. The average Bonchev–Trinajstić information content (AvgIpc) is 2.46. The second-order valence-electron chi connectivity index (χ2n) is 3.72. The van der Waals surface area contributed by atoms with Crippen molar-refractivity contribution in [2.75, 3.05) is 5.73 Å². The molecule has 0 saturated carbocycles. The van der Waals surface area contributed by atoms with E-state index in [2.05, 4.69) is 10.1 Å². The third-order valence-electron chi connectivity index (χ3n) is 2.45. The molecular formula is C11H14N4. The Morgan fingerprint density at radius 1 is 1.20 bits per heavy atom. The van der Waals surface area contributed by atoms with E-state index in [0.29, 0.717) is 0 Å². The summed E-state index contributed by atoms with van der Waals surface area (Å²) in [6.45, 7) is 5.87. The van der Waals surface area contributed by atoms with Crippen LogP contribution >= 0.6 is 0 Å². The first-order valence-electron chi connectivity index (χ1n) is 4.83. The summed E-state index contributed by atoms with van der Waals surface area (Å²) >= 11 is 0. The Kier molecular flexibility index (Phi) is 2.19. The van der Waals surface area contributed by atoms with Crippen molar-refractivity contribution in [2.24, 2.45) is 0 Å². The number of anilines is 1. The zero-order chi connectivity index (χ0) is 11.0. The predicted octanol–water partition coefficient (Wildman–Crippen LogP) is 1.77. The van der Waals surface area contributed by atoms with E-state index in [0.717, 1.165) is 28.3 Å². The summed E-state index contributed by atoms with van der Waals surface area (Å²) in [6.07, 6.45) is 3.60. The number of pyridine rings is 1. The minimum atomic E-state index is 0.747. The molecule has 78 valence electrons. The monoisotopic (exact) mass is 202 g/mol. The van der Waals surface area contributed by atoms with Crippen LogP contribution in [0.2, 0.25) is 0 Å². The number of nitrogens with zero attached hydrogens (tertiary/aromatic N) is 3. The Morgan fingerprint density at radius 3 is 2.47 bits per heavy atom. The van der Waals surface area contributed by atoms with Crippen LogP contribution in [0.5, 0.6) is 0 Å². The maximum Gasteiger partial charge on any atom is 0.0835 e. The summed E-state index contributed by atoms with van der Waals surface area (Å²) in [5, 5.41) is 4.37. The van der Waals surface area contributed by atoms with E-state index in [1.165, 1.54) is 0 Å². The van der Waals surface area contributed by atoms with Crippen molar-refractivity contribution in [2.45, 2.75) is 20.8 Å². The Balaban J connectivity index is 2.59. The Morgan fingerprint density at radius 2 is 1.93 bits per heavy atom. The highest BCUT2D eigenvalue weighted by molar-refractivity contribution is 5.50. The SMILES string of the molecule is Cc1cncc(-n2nc(C)c(N)c2C)c1. The smallest absolute Gasteiger partial charge is 0.0835 e. The van der Waals surface area contributed by atoms with Crippen LogP contribution in [-0.2, 0) is 0 Å². The lowest BCUT2D eigenvalue weighted by Crippen LogP contribution is -2.00. The molecule has 2 aromatic heterocycles. The molecule has 2 N–H and O–H groups in total. The lowest BCUT2D eigenvalue weighted by Gasteiger charge is -2.04. The number of aryl methyl sites for hydroxylation is 2. The highest BCUT2D eigenvalue weighted by Gasteiger charge is 2.09. The lowest BCUT2D eigenvalue weighted by atomic mass is 10.3. The molecule has 4 nitrogen and oxygen atoms in total. The standard InChI is InChI=1S/C11H14N4/c1-7-4-10(6-13-5-7)15-9(3)11(12)8(2)14-15/h4-6H,12H2,1-3H3. The fraction of sp³-hybridized carbons (Fsp3) is 0.273. The van der Waals surface area contributed by atoms with E-state index >= 15 is 0 Å². The summed E-state index contributed by atoms with van der Waals surface area (Å²) in [4.78, 5) is 4.14. The fourth-order valence-corrected chi connectivity index (χ4v) is 1.56. The molecule has 0 unspecified atom stereocenters. The van der Waals surface area contributed by atoms with Gasteiger partial charge in [-0.15, -0.1) is 0 Å². The summed E-state index contributed by atoms with van der Waals surface area (Å²) in [7, 11) is 0. The van der Waals surface area contributed by atoms with Gasteiger partial charge in [-0.05, 0) is 32.4 Å². The van der Waals surface area contributed by atoms with Crippen molar-refractivity contribution >= 4 is 5.69 Å². The topological polar surface area (TPSA) is 56.7 Å². The largest absolute Gasteiger partial charge is 0.396 e. The molecule has 2 heterocycles. The van der Waals surface area contributed by atoms with Crippen LogP contribution < -0.4 is 5.73 Å². The fourth-order valence-electron chi connectivity index (χ4n) is 1.56. The van der Waals surface area contributed by atoms with Crippen molar-refractivity contribution in [3.05, 3.63) is 35.4 Å². The van der Waals surface area contributed by atoms with E-state index < -0.39 is 0 Å². The number of rotatable bonds is 1. The summed E-state index contributed by atoms with van der Waals surface area (Å²) in [5.41, 5.74) is 10.5. The molecule has 0 atom stereocenters. The quantitative estimate of drug-likeness (QED) is 0.766. The molecule has 15 heavy (non-hydrogen) atoms. The first-order valence-corrected chi connectivity index (χ1v) is 4.83. The molecule has 0 spiro atoms. The molecule has 0 aliphatic carbocycles. The highest BCUT2D eigenvalue weighted by Crippen LogP contribution is 2.19. The number of hydrogen-bond acceptors (Lipinski definition) is 3. The second kappa shape index (κ2) is 3.38. The van der Waals surface area contributed by atoms with Gasteiger partial charge in [0.1, 0.15) is 0 Å². The Hall–Kier alpha value is -1.84. The van der Waals surface area contributed by atoms with Gasteiger partial charge in [-0.3, -0.25) is 4.98 Å². The molecular weight excluding hydrogens is 188 g/mol. The van der Waals surface area contributed by atoms with Gasteiger partial charge in [-0.1, -0.05) is 0 Å².